The minimum Gasteiger partial charge on any atom is -0.366 e. The number of pyridine rings is 1. The maximum atomic E-state index is 10.7. The highest BCUT2D eigenvalue weighted by Crippen LogP contribution is 2.20. The molecule has 1 aliphatic heterocycles. The van der Waals surface area contributed by atoms with E-state index in [1.54, 1.807) is 6.20 Å². The van der Waals surface area contributed by atoms with Crippen molar-refractivity contribution in [3.63, 3.8) is 0 Å². The lowest BCUT2D eigenvalue weighted by Gasteiger charge is -2.27. The quantitative estimate of drug-likeness (QED) is 0.829. The van der Waals surface area contributed by atoms with Gasteiger partial charge >= 0.3 is 0 Å². The smallest absolute Gasteiger partial charge is 0.264 e. The first-order valence-electron chi connectivity index (χ1n) is 6.04. The summed E-state index contributed by atoms with van der Waals surface area (Å²) in [6.07, 6.45) is 8.03. The van der Waals surface area contributed by atoms with E-state index in [-0.39, 0.29) is 5.75 Å². The molecule has 0 saturated carbocycles. The number of hydrogen-bond acceptors (Lipinski definition) is 4. The van der Waals surface area contributed by atoms with Crippen LogP contribution in [0.15, 0.2) is 42.6 Å². The molecule has 0 radical (unpaired) electrons. The highest BCUT2D eigenvalue weighted by atomic mass is 32.2. The standard InChI is InChI=1S/C13H16N2O3S/c16-19(17,18)11-5-10-15-9-4-2-7-13(15)12-6-1-3-8-14-12/h1-4,6-8H,5,9-11H2,(H,16,17,18). The van der Waals surface area contributed by atoms with Crippen molar-refractivity contribution in [2.75, 3.05) is 18.8 Å². The van der Waals surface area contributed by atoms with Gasteiger partial charge in [0.1, 0.15) is 0 Å². The van der Waals surface area contributed by atoms with Gasteiger partial charge in [-0.2, -0.15) is 8.42 Å². The molecule has 2 heterocycles. The van der Waals surface area contributed by atoms with Crippen LogP contribution in [0.25, 0.3) is 5.70 Å². The van der Waals surface area contributed by atoms with E-state index in [1.807, 2.05) is 41.3 Å². The maximum Gasteiger partial charge on any atom is 0.264 e. The first kappa shape index (κ1) is 13.8. The molecule has 1 N–H and O–H groups in total. The monoisotopic (exact) mass is 280 g/mol. The van der Waals surface area contributed by atoms with Crippen molar-refractivity contribution in [3.05, 3.63) is 48.3 Å². The SMILES string of the molecule is O=S(=O)(O)CCCN1CC=CC=C1c1ccccn1. The second kappa shape index (κ2) is 5.99. The van der Waals surface area contributed by atoms with Gasteiger partial charge in [0.25, 0.3) is 10.1 Å². The van der Waals surface area contributed by atoms with Crippen LogP contribution in [-0.2, 0) is 10.1 Å². The molecular formula is C13H16N2O3S. The minimum absolute atomic E-state index is 0.220. The van der Waals surface area contributed by atoms with Gasteiger partial charge in [0, 0.05) is 19.3 Å². The van der Waals surface area contributed by atoms with Gasteiger partial charge in [-0.1, -0.05) is 18.2 Å². The predicted molar refractivity (Wildman–Crippen MR) is 74.0 cm³/mol. The van der Waals surface area contributed by atoms with Gasteiger partial charge < -0.3 is 4.90 Å². The van der Waals surface area contributed by atoms with Gasteiger partial charge in [-0.05, 0) is 24.6 Å². The molecule has 0 saturated heterocycles. The van der Waals surface area contributed by atoms with Crippen molar-refractivity contribution in [3.8, 4) is 0 Å². The predicted octanol–water partition coefficient (Wildman–Crippen LogP) is 1.57. The molecule has 5 nitrogen and oxygen atoms in total. The van der Waals surface area contributed by atoms with Gasteiger partial charge in [-0.25, -0.2) is 0 Å². The van der Waals surface area contributed by atoms with Crippen LogP contribution in [0.5, 0.6) is 0 Å². The summed E-state index contributed by atoms with van der Waals surface area (Å²) in [4.78, 5) is 6.35. The van der Waals surface area contributed by atoms with Crippen molar-refractivity contribution < 1.29 is 13.0 Å². The van der Waals surface area contributed by atoms with Crippen LogP contribution >= 0.6 is 0 Å². The minimum atomic E-state index is -3.89. The molecule has 19 heavy (non-hydrogen) atoms. The van der Waals surface area contributed by atoms with E-state index in [1.165, 1.54) is 0 Å². The fraction of sp³-hybridized carbons (Fsp3) is 0.308. The molecule has 0 unspecified atom stereocenters. The van der Waals surface area contributed by atoms with Gasteiger partial charge in [-0.15, -0.1) is 0 Å². The molecule has 1 aromatic heterocycles. The van der Waals surface area contributed by atoms with Crippen LogP contribution in [0.1, 0.15) is 12.1 Å². The van der Waals surface area contributed by atoms with Crippen LogP contribution in [-0.4, -0.2) is 41.7 Å². The summed E-state index contributed by atoms with van der Waals surface area (Å²) in [5.74, 6) is -0.220. The Labute approximate surface area is 113 Å². The zero-order valence-electron chi connectivity index (χ0n) is 10.4. The third-order valence-corrected chi connectivity index (χ3v) is 3.62. The lowest BCUT2D eigenvalue weighted by molar-refractivity contribution is 0.424. The first-order chi connectivity index (χ1) is 9.06. The summed E-state index contributed by atoms with van der Waals surface area (Å²) in [7, 11) is -3.89. The molecule has 6 heteroatoms. The van der Waals surface area contributed by atoms with Crippen LogP contribution in [0.3, 0.4) is 0 Å². The Kier molecular flexibility index (Phi) is 4.34. The second-order valence-corrected chi connectivity index (χ2v) is 5.85. The number of nitrogens with zero attached hydrogens (tertiary/aromatic N) is 2. The molecular weight excluding hydrogens is 264 g/mol. The van der Waals surface area contributed by atoms with Gasteiger partial charge in [0.15, 0.2) is 0 Å². The lowest BCUT2D eigenvalue weighted by Crippen LogP contribution is -2.27. The highest BCUT2D eigenvalue weighted by Gasteiger charge is 2.14. The summed E-state index contributed by atoms with van der Waals surface area (Å²) in [5.41, 5.74) is 1.83. The van der Waals surface area contributed by atoms with Crippen molar-refractivity contribution in [2.45, 2.75) is 6.42 Å². The van der Waals surface area contributed by atoms with Gasteiger partial charge in [0.2, 0.25) is 0 Å². The van der Waals surface area contributed by atoms with E-state index in [2.05, 4.69) is 4.98 Å². The van der Waals surface area contributed by atoms with Crippen LogP contribution in [0, 0.1) is 0 Å². The van der Waals surface area contributed by atoms with E-state index >= 15 is 0 Å². The fourth-order valence-corrected chi connectivity index (χ4v) is 2.46. The Morgan fingerprint density at radius 1 is 1.37 bits per heavy atom. The average Bonchev–Trinajstić information content (AvgIpc) is 2.39. The van der Waals surface area contributed by atoms with Gasteiger partial charge in [-0.3, -0.25) is 9.54 Å². The van der Waals surface area contributed by atoms with E-state index in [0.717, 1.165) is 11.4 Å². The van der Waals surface area contributed by atoms with Crippen molar-refractivity contribution in [1.82, 2.24) is 9.88 Å². The normalized spacial score (nSPS) is 15.4. The molecule has 0 spiro atoms. The van der Waals surface area contributed by atoms with E-state index in [9.17, 15) is 8.42 Å². The molecule has 0 bridgehead atoms. The maximum absolute atomic E-state index is 10.7. The zero-order valence-corrected chi connectivity index (χ0v) is 11.3. The molecule has 0 aliphatic carbocycles. The van der Waals surface area contributed by atoms with Crippen LogP contribution in [0.4, 0.5) is 0 Å². The molecule has 2 rings (SSSR count). The molecule has 102 valence electrons. The van der Waals surface area contributed by atoms with Crippen LogP contribution < -0.4 is 0 Å². The Bertz CT molecular complexity index is 579. The highest BCUT2D eigenvalue weighted by molar-refractivity contribution is 7.85. The number of aromatic nitrogens is 1. The fourth-order valence-electron chi connectivity index (χ4n) is 1.96. The van der Waals surface area contributed by atoms with Gasteiger partial charge in [0.05, 0.1) is 17.1 Å². The van der Waals surface area contributed by atoms with Crippen molar-refractivity contribution in [1.29, 1.82) is 0 Å². The van der Waals surface area contributed by atoms with E-state index in [4.69, 9.17) is 4.55 Å². The van der Waals surface area contributed by atoms with Crippen LogP contribution in [0.2, 0.25) is 0 Å². The topological polar surface area (TPSA) is 70.5 Å². The molecule has 0 fully saturated rings. The number of rotatable bonds is 5. The summed E-state index contributed by atoms with van der Waals surface area (Å²) in [6.45, 7) is 1.28. The largest absolute Gasteiger partial charge is 0.366 e. The van der Waals surface area contributed by atoms with Crippen molar-refractivity contribution in [2.24, 2.45) is 0 Å². The Balaban J connectivity index is 2.04. The summed E-state index contributed by atoms with van der Waals surface area (Å²) in [5, 5.41) is 0. The number of hydrogen-bond donors (Lipinski definition) is 1. The lowest BCUT2D eigenvalue weighted by atomic mass is 10.1. The second-order valence-electron chi connectivity index (χ2n) is 4.28. The Hall–Kier alpha value is -1.66. The number of allylic oxidation sites excluding steroid dienone is 2. The summed E-state index contributed by atoms with van der Waals surface area (Å²) in [6, 6.07) is 5.68. The molecule has 1 aromatic rings. The summed E-state index contributed by atoms with van der Waals surface area (Å²) < 4.78 is 30.2. The molecule has 0 aromatic carbocycles. The average molecular weight is 280 g/mol. The molecule has 0 atom stereocenters. The molecule has 0 amide bonds. The summed E-state index contributed by atoms with van der Waals surface area (Å²) >= 11 is 0. The zero-order chi connectivity index (χ0) is 13.7. The van der Waals surface area contributed by atoms with Crippen molar-refractivity contribution >= 4 is 15.8 Å². The Morgan fingerprint density at radius 3 is 2.89 bits per heavy atom. The first-order valence-corrected chi connectivity index (χ1v) is 7.65. The Morgan fingerprint density at radius 2 is 2.21 bits per heavy atom. The van der Waals surface area contributed by atoms with E-state index in [0.29, 0.717) is 19.5 Å². The third kappa shape index (κ3) is 4.18. The molecule has 1 aliphatic rings. The van der Waals surface area contributed by atoms with E-state index < -0.39 is 10.1 Å². The third-order valence-electron chi connectivity index (χ3n) is 2.81.